The van der Waals surface area contributed by atoms with Crippen LogP contribution in [0.2, 0.25) is 0 Å². The van der Waals surface area contributed by atoms with Crippen molar-refractivity contribution in [3.05, 3.63) is 53.1 Å². The lowest BCUT2D eigenvalue weighted by molar-refractivity contribution is -0.255. The van der Waals surface area contributed by atoms with Crippen molar-refractivity contribution in [3.63, 3.8) is 0 Å². The summed E-state index contributed by atoms with van der Waals surface area (Å²) in [5, 5.41) is 13.6. The average molecular weight is 314 g/mol. The van der Waals surface area contributed by atoms with Crippen LogP contribution in [0.4, 0.5) is 5.69 Å². The maximum Gasteiger partial charge on any atom is 0.255 e. The quantitative estimate of drug-likeness (QED) is 0.906. The van der Waals surface area contributed by atoms with Crippen LogP contribution in [0.5, 0.6) is 11.5 Å². The van der Waals surface area contributed by atoms with E-state index in [1.165, 1.54) is 26.4 Å². The van der Waals surface area contributed by atoms with Crippen LogP contribution < -0.4 is 19.9 Å². The van der Waals surface area contributed by atoms with Crippen LogP contribution in [0, 0.1) is 6.92 Å². The van der Waals surface area contributed by atoms with E-state index in [4.69, 9.17) is 9.47 Å². The van der Waals surface area contributed by atoms with E-state index in [0.29, 0.717) is 22.7 Å². The number of anilines is 1. The lowest BCUT2D eigenvalue weighted by atomic mass is 10.1. The Hall–Kier alpha value is -3.02. The van der Waals surface area contributed by atoms with E-state index in [9.17, 15) is 14.7 Å². The highest BCUT2D eigenvalue weighted by atomic mass is 16.5. The van der Waals surface area contributed by atoms with Crippen LogP contribution in [-0.2, 0) is 0 Å². The molecule has 0 bridgehead atoms. The third kappa shape index (κ3) is 3.60. The first kappa shape index (κ1) is 16.4. The lowest BCUT2D eigenvalue weighted by Crippen LogP contribution is -2.22. The Labute approximate surface area is 133 Å². The topological polar surface area (TPSA) is 87.7 Å². The highest BCUT2D eigenvalue weighted by Gasteiger charge is 2.12. The van der Waals surface area contributed by atoms with Gasteiger partial charge in [-0.1, -0.05) is 12.1 Å². The summed E-state index contributed by atoms with van der Waals surface area (Å²) in [6, 6.07) is 9.16. The summed E-state index contributed by atoms with van der Waals surface area (Å²) in [6.45, 7) is 1.77. The van der Waals surface area contributed by atoms with Gasteiger partial charge in [0.2, 0.25) is 0 Å². The van der Waals surface area contributed by atoms with Gasteiger partial charge in [-0.3, -0.25) is 4.79 Å². The van der Waals surface area contributed by atoms with Crippen LogP contribution >= 0.6 is 0 Å². The number of hydrogen-bond acceptors (Lipinski definition) is 5. The van der Waals surface area contributed by atoms with Gasteiger partial charge in [-0.05, 0) is 42.3 Å². The zero-order valence-corrected chi connectivity index (χ0v) is 13.0. The van der Waals surface area contributed by atoms with Crippen LogP contribution in [0.3, 0.4) is 0 Å². The van der Waals surface area contributed by atoms with Crippen molar-refractivity contribution in [2.45, 2.75) is 6.92 Å². The van der Waals surface area contributed by atoms with Gasteiger partial charge < -0.3 is 24.7 Å². The van der Waals surface area contributed by atoms with Gasteiger partial charge in [0.1, 0.15) is 0 Å². The van der Waals surface area contributed by atoms with Crippen molar-refractivity contribution in [1.29, 1.82) is 0 Å². The Morgan fingerprint density at radius 3 is 2.22 bits per heavy atom. The summed E-state index contributed by atoms with van der Waals surface area (Å²) in [4.78, 5) is 23.3. The summed E-state index contributed by atoms with van der Waals surface area (Å²) < 4.78 is 10.3. The fourth-order valence-electron chi connectivity index (χ4n) is 2.06. The highest BCUT2D eigenvalue weighted by Crippen LogP contribution is 2.28. The fraction of sp³-hybridized carbons (Fsp3) is 0.176. The number of nitrogens with one attached hydrogen (secondary N) is 1. The minimum Gasteiger partial charge on any atom is -0.545 e. The van der Waals surface area contributed by atoms with E-state index in [1.54, 1.807) is 31.2 Å². The molecule has 2 aromatic rings. The number of ether oxygens (including phenoxy) is 2. The van der Waals surface area contributed by atoms with Crippen molar-refractivity contribution >= 4 is 17.6 Å². The van der Waals surface area contributed by atoms with Crippen molar-refractivity contribution in [3.8, 4) is 11.5 Å². The molecule has 0 saturated carbocycles. The Morgan fingerprint density at radius 1 is 0.957 bits per heavy atom. The summed E-state index contributed by atoms with van der Waals surface area (Å²) in [5.41, 5.74) is 1.51. The maximum atomic E-state index is 12.3. The molecule has 0 radical (unpaired) electrons. The van der Waals surface area contributed by atoms with Crippen molar-refractivity contribution in [2.24, 2.45) is 0 Å². The zero-order chi connectivity index (χ0) is 17.0. The van der Waals surface area contributed by atoms with Crippen LogP contribution in [0.1, 0.15) is 26.3 Å². The Balaban J connectivity index is 2.29. The van der Waals surface area contributed by atoms with Gasteiger partial charge in [-0.25, -0.2) is 0 Å². The second-order valence-electron chi connectivity index (χ2n) is 4.84. The molecular weight excluding hydrogens is 298 g/mol. The van der Waals surface area contributed by atoms with Gasteiger partial charge in [0, 0.05) is 11.3 Å². The molecule has 1 amide bonds. The fourth-order valence-corrected chi connectivity index (χ4v) is 2.06. The van der Waals surface area contributed by atoms with Gasteiger partial charge >= 0.3 is 0 Å². The minimum atomic E-state index is -1.30. The number of carbonyl (C=O) groups excluding carboxylic acids is 2. The molecule has 23 heavy (non-hydrogen) atoms. The number of benzene rings is 2. The van der Waals surface area contributed by atoms with Gasteiger partial charge in [0.25, 0.3) is 5.91 Å². The van der Waals surface area contributed by atoms with Gasteiger partial charge in [0.05, 0.1) is 20.2 Å². The first-order valence-corrected chi connectivity index (χ1v) is 6.81. The molecule has 0 aliphatic rings. The van der Waals surface area contributed by atoms with E-state index in [-0.39, 0.29) is 11.5 Å². The van der Waals surface area contributed by atoms with Gasteiger partial charge in [-0.15, -0.1) is 0 Å². The normalized spacial score (nSPS) is 10.0. The maximum absolute atomic E-state index is 12.3. The van der Waals surface area contributed by atoms with Gasteiger partial charge in [-0.2, -0.15) is 0 Å². The number of rotatable bonds is 5. The molecule has 0 atom stereocenters. The number of hydrogen-bond donors (Lipinski definition) is 1. The molecule has 6 heteroatoms. The SMILES string of the molecule is COc1ccc(C(=O)Nc2cc(C(=O)[O-])ccc2C)cc1OC. The third-order valence-electron chi connectivity index (χ3n) is 3.37. The summed E-state index contributed by atoms with van der Waals surface area (Å²) in [5.74, 6) is -0.740. The number of carboxylic acids is 1. The second-order valence-corrected chi connectivity index (χ2v) is 4.84. The monoisotopic (exact) mass is 314 g/mol. The molecule has 0 aromatic heterocycles. The van der Waals surface area contributed by atoms with E-state index in [1.807, 2.05) is 0 Å². The Morgan fingerprint density at radius 2 is 1.61 bits per heavy atom. The molecule has 0 fully saturated rings. The molecule has 6 nitrogen and oxygen atoms in total. The molecule has 0 heterocycles. The Bertz CT molecular complexity index is 755. The van der Waals surface area contributed by atoms with Crippen LogP contribution in [0.15, 0.2) is 36.4 Å². The van der Waals surface area contributed by atoms with Crippen molar-refractivity contribution in [1.82, 2.24) is 0 Å². The largest absolute Gasteiger partial charge is 0.545 e. The molecule has 0 aliphatic heterocycles. The molecular formula is C17H16NO5-. The van der Waals surface area contributed by atoms with Crippen LogP contribution in [-0.4, -0.2) is 26.1 Å². The molecule has 120 valence electrons. The van der Waals surface area contributed by atoms with E-state index >= 15 is 0 Å². The first-order valence-electron chi connectivity index (χ1n) is 6.81. The van der Waals surface area contributed by atoms with E-state index in [0.717, 1.165) is 5.56 Å². The third-order valence-corrected chi connectivity index (χ3v) is 3.37. The van der Waals surface area contributed by atoms with E-state index in [2.05, 4.69) is 5.32 Å². The summed E-state index contributed by atoms with van der Waals surface area (Å²) in [7, 11) is 2.99. The number of carboxylic acid groups (broad SMARTS) is 1. The molecule has 1 N–H and O–H groups in total. The predicted molar refractivity (Wildman–Crippen MR) is 83.0 cm³/mol. The van der Waals surface area contributed by atoms with Crippen molar-refractivity contribution in [2.75, 3.05) is 19.5 Å². The minimum absolute atomic E-state index is 0.00166. The molecule has 2 aromatic carbocycles. The highest BCUT2D eigenvalue weighted by molar-refractivity contribution is 6.05. The molecule has 0 aliphatic carbocycles. The standard InChI is InChI=1S/C17H17NO5/c1-10-4-5-12(17(20)21)8-13(10)18-16(19)11-6-7-14(22-2)15(9-11)23-3/h4-9H,1-3H3,(H,18,19)(H,20,21)/p-1. The second kappa shape index (κ2) is 6.83. The predicted octanol–water partition coefficient (Wildman–Crippen LogP) is 1.63. The number of aromatic carboxylic acids is 1. The zero-order valence-electron chi connectivity index (χ0n) is 13.0. The average Bonchev–Trinajstić information content (AvgIpc) is 2.55. The molecule has 0 spiro atoms. The van der Waals surface area contributed by atoms with Gasteiger partial charge in [0.15, 0.2) is 11.5 Å². The number of amides is 1. The Kier molecular flexibility index (Phi) is 4.85. The molecule has 2 rings (SSSR count). The summed E-state index contributed by atoms with van der Waals surface area (Å²) >= 11 is 0. The number of carbonyl (C=O) groups is 2. The van der Waals surface area contributed by atoms with Crippen molar-refractivity contribution < 1.29 is 24.2 Å². The number of methoxy groups -OCH3 is 2. The smallest absolute Gasteiger partial charge is 0.255 e. The van der Waals surface area contributed by atoms with E-state index < -0.39 is 5.97 Å². The summed E-state index contributed by atoms with van der Waals surface area (Å²) in [6.07, 6.45) is 0. The molecule has 0 unspecified atom stereocenters. The lowest BCUT2D eigenvalue weighted by Gasteiger charge is -2.13. The number of aryl methyl sites for hydroxylation is 1. The van der Waals surface area contributed by atoms with Crippen LogP contribution in [0.25, 0.3) is 0 Å². The first-order chi connectivity index (χ1) is 11.0. The molecule has 0 saturated heterocycles.